The molecule has 2 aromatic heterocycles. The van der Waals surface area contributed by atoms with Gasteiger partial charge in [-0.2, -0.15) is 0 Å². The third-order valence-corrected chi connectivity index (χ3v) is 11.9. The van der Waals surface area contributed by atoms with Crippen LogP contribution in [0.3, 0.4) is 0 Å². The first-order chi connectivity index (χ1) is 22.2. The summed E-state index contributed by atoms with van der Waals surface area (Å²) in [6.45, 7) is 5.41. The minimum atomic E-state index is -4.06. The summed E-state index contributed by atoms with van der Waals surface area (Å²) in [5.41, 5.74) is 4.11. The van der Waals surface area contributed by atoms with Crippen LogP contribution in [0.2, 0.25) is 0 Å². The van der Waals surface area contributed by atoms with Crippen molar-refractivity contribution in [2.24, 2.45) is 0 Å². The van der Waals surface area contributed by atoms with Gasteiger partial charge in [-0.05, 0) is 87.8 Å². The molecule has 250 valence electrons. The van der Waals surface area contributed by atoms with Gasteiger partial charge in [-0.3, -0.25) is 4.79 Å². The van der Waals surface area contributed by atoms with Gasteiger partial charge in [0.1, 0.15) is 16.0 Å². The van der Waals surface area contributed by atoms with E-state index in [9.17, 15) is 21.6 Å². The summed E-state index contributed by atoms with van der Waals surface area (Å²) >= 11 is 0. The molecular weight excluding hydrogens is 637 g/mol. The Hall–Kier alpha value is -4.13. The number of rotatable bonds is 13. The number of sulfone groups is 1. The summed E-state index contributed by atoms with van der Waals surface area (Å²) in [5.74, 6) is 0.667. The number of nitrogens with one attached hydrogen (secondary N) is 2. The fraction of sp³-hybridized carbons (Fsp3) is 0.343. The van der Waals surface area contributed by atoms with Crippen LogP contribution in [-0.4, -0.2) is 68.9 Å². The Labute approximate surface area is 276 Å². The van der Waals surface area contributed by atoms with Crippen molar-refractivity contribution < 1.29 is 21.6 Å². The van der Waals surface area contributed by atoms with Gasteiger partial charge in [0.15, 0.2) is 9.84 Å². The van der Waals surface area contributed by atoms with Crippen molar-refractivity contribution in [3.05, 3.63) is 112 Å². The molecule has 2 aromatic carbocycles. The molecule has 10 nitrogen and oxygen atoms in total. The van der Waals surface area contributed by atoms with Crippen LogP contribution >= 0.6 is 0 Å². The van der Waals surface area contributed by atoms with E-state index in [1.807, 2.05) is 62.6 Å². The first-order valence-electron chi connectivity index (χ1n) is 15.4. The van der Waals surface area contributed by atoms with Crippen LogP contribution in [0.4, 0.5) is 5.69 Å². The summed E-state index contributed by atoms with van der Waals surface area (Å²) in [6.07, 6.45) is 8.86. The van der Waals surface area contributed by atoms with Crippen molar-refractivity contribution in [2.45, 2.75) is 43.7 Å². The number of allylic oxidation sites excluding steroid dienone is 3. The molecule has 2 N–H and O–H groups in total. The Bertz CT molecular complexity index is 2130. The highest BCUT2D eigenvalue weighted by Crippen LogP contribution is 2.41. The minimum Gasteiger partial charge on any atom is -0.493 e. The van der Waals surface area contributed by atoms with E-state index in [1.165, 1.54) is 18.6 Å². The molecule has 0 radical (unpaired) electrons. The van der Waals surface area contributed by atoms with E-state index in [2.05, 4.69) is 15.2 Å². The number of aromatic nitrogens is 2. The molecule has 0 fully saturated rings. The van der Waals surface area contributed by atoms with Crippen LogP contribution in [-0.2, 0) is 32.2 Å². The van der Waals surface area contributed by atoms with Gasteiger partial charge < -0.3 is 19.9 Å². The second-order valence-electron chi connectivity index (χ2n) is 12.6. The highest BCUT2D eigenvalue weighted by molar-refractivity contribution is 7.91. The van der Waals surface area contributed by atoms with Crippen molar-refractivity contribution in [2.75, 3.05) is 38.8 Å². The van der Waals surface area contributed by atoms with Gasteiger partial charge in [0, 0.05) is 53.9 Å². The zero-order valence-electron chi connectivity index (χ0n) is 27.4. The third kappa shape index (κ3) is 7.39. The summed E-state index contributed by atoms with van der Waals surface area (Å²) in [5, 5.41) is 4.05. The quantitative estimate of drug-likeness (QED) is 0.185. The van der Waals surface area contributed by atoms with Gasteiger partial charge in [-0.25, -0.2) is 20.8 Å². The van der Waals surface area contributed by atoms with Crippen LogP contribution in [0, 0.1) is 0 Å². The van der Waals surface area contributed by atoms with Crippen molar-refractivity contribution in [3.8, 4) is 5.75 Å². The Morgan fingerprint density at radius 1 is 1.06 bits per heavy atom. The molecule has 0 saturated carbocycles. The maximum atomic E-state index is 14.1. The second kappa shape index (κ2) is 13.5. The average Bonchev–Trinajstić information content (AvgIpc) is 3.46. The third-order valence-electron chi connectivity index (χ3n) is 8.59. The van der Waals surface area contributed by atoms with E-state index in [0.29, 0.717) is 29.7 Å². The number of H-pyrrole nitrogens is 1. The summed E-state index contributed by atoms with van der Waals surface area (Å²) in [4.78, 5) is 17.3. The lowest BCUT2D eigenvalue weighted by atomic mass is 9.86. The topological polar surface area (TPSA) is 131 Å². The number of ether oxygens (including phenoxy) is 1. The monoisotopic (exact) mass is 678 g/mol. The molecule has 5 rings (SSSR count). The summed E-state index contributed by atoms with van der Waals surface area (Å²) < 4.78 is 58.5. The molecule has 1 atom stereocenters. The minimum absolute atomic E-state index is 0.0817. The van der Waals surface area contributed by atoms with Gasteiger partial charge in [-0.15, -0.1) is 0 Å². The molecule has 4 aromatic rings. The predicted octanol–water partition coefficient (Wildman–Crippen LogP) is 5.19. The molecule has 0 saturated heterocycles. The fourth-order valence-corrected chi connectivity index (χ4v) is 8.44. The molecular formula is C35H42N4O6S2. The number of anilines is 1. The van der Waals surface area contributed by atoms with Crippen molar-refractivity contribution >= 4 is 42.0 Å². The molecule has 1 aliphatic carbocycles. The summed E-state index contributed by atoms with van der Waals surface area (Å²) in [6, 6.07) is 16.6. The van der Waals surface area contributed by atoms with Crippen LogP contribution in [0.25, 0.3) is 16.5 Å². The average molecular weight is 679 g/mol. The second-order valence-corrected chi connectivity index (χ2v) is 17.0. The Kier molecular flexibility index (Phi) is 9.86. The maximum Gasteiger partial charge on any atom is 0.273 e. The maximum absolute atomic E-state index is 14.1. The van der Waals surface area contributed by atoms with Gasteiger partial charge in [0.05, 0.1) is 12.4 Å². The van der Waals surface area contributed by atoms with Crippen molar-refractivity contribution in [1.82, 2.24) is 13.9 Å². The van der Waals surface area contributed by atoms with Gasteiger partial charge in [0.2, 0.25) is 10.0 Å². The predicted molar refractivity (Wildman–Crippen MR) is 189 cm³/mol. The fourth-order valence-electron chi connectivity index (χ4n) is 5.82. The molecule has 2 heterocycles. The Balaban J connectivity index is 1.46. The number of pyridine rings is 1. The molecule has 0 bridgehead atoms. The number of hydrogen-bond donors (Lipinski definition) is 2. The number of nitrogens with zero attached hydrogens (tertiary/aromatic N) is 2. The van der Waals surface area contributed by atoms with Crippen molar-refractivity contribution in [1.29, 1.82) is 0 Å². The summed E-state index contributed by atoms with van der Waals surface area (Å²) in [7, 11) is -3.30. The number of fused-ring (bicyclic) bond motifs is 1. The van der Waals surface area contributed by atoms with E-state index in [1.54, 1.807) is 32.0 Å². The SMILES string of the molecule is CC1=CC(c2cc(CS(C)(=O)=O)ccc2NCc2ccccc2OCCCN(C)C)=CCC1(C)S(=O)(=O)n1ccc2cc[nH]c(=O)c21. The van der Waals surface area contributed by atoms with Crippen LogP contribution in [0.15, 0.2) is 89.5 Å². The first-order valence-corrected chi connectivity index (χ1v) is 18.9. The Morgan fingerprint density at radius 2 is 1.83 bits per heavy atom. The molecule has 12 heteroatoms. The van der Waals surface area contributed by atoms with Gasteiger partial charge in [-0.1, -0.05) is 36.4 Å². The number of benzene rings is 2. The highest BCUT2D eigenvalue weighted by atomic mass is 32.2. The van der Waals surface area contributed by atoms with Crippen LogP contribution in [0.1, 0.15) is 43.4 Å². The smallest absolute Gasteiger partial charge is 0.273 e. The highest BCUT2D eigenvalue weighted by Gasteiger charge is 2.43. The molecule has 47 heavy (non-hydrogen) atoms. The Morgan fingerprint density at radius 3 is 2.55 bits per heavy atom. The molecule has 0 aliphatic heterocycles. The zero-order valence-corrected chi connectivity index (χ0v) is 29.0. The first kappa shape index (κ1) is 34.2. The largest absolute Gasteiger partial charge is 0.493 e. The zero-order chi connectivity index (χ0) is 34.0. The molecule has 0 amide bonds. The van der Waals surface area contributed by atoms with E-state index < -0.39 is 30.2 Å². The molecule has 1 aliphatic rings. The van der Waals surface area contributed by atoms with Gasteiger partial charge in [0.25, 0.3) is 5.56 Å². The molecule has 1 unspecified atom stereocenters. The standard InChI is InChI=1S/C35H42N4O6S2/c1-25-21-28(13-16-35(25,2)47(43,44)39-19-15-27-14-17-36-34(40)33(27)39)30-22-26(24-46(5,41)42)11-12-31(30)37-23-29-9-6-7-10-32(29)45-20-8-18-38(3)4/h6-7,9-15,17,19,21-22,37H,8,16,18,20,23-24H2,1-5H3,(H,36,40). The number of hydrogen-bond acceptors (Lipinski definition) is 8. The van der Waals surface area contributed by atoms with E-state index in [0.717, 1.165) is 45.1 Å². The van der Waals surface area contributed by atoms with Crippen LogP contribution in [0.5, 0.6) is 5.75 Å². The number of para-hydroxylation sites is 1. The van der Waals surface area contributed by atoms with Crippen LogP contribution < -0.4 is 15.6 Å². The lowest BCUT2D eigenvalue weighted by Gasteiger charge is -2.33. The van der Waals surface area contributed by atoms with Crippen molar-refractivity contribution in [3.63, 3.8) is 0 Å². The van der Waals surface area contributed by atoms with E-state index in [-0.39, 0.29) is 17.7 Å². The van der Waals surface area contributed by atoms with E-state index in [4.69, 9.17) is 4.74 Å². The lowest BCUT2D eigenvalue weighted by Crippen LogP contribution is -2.41. The lowest BCUT2D eigenvalue weighted by molar-refractivity contribution is 0.279. The number of aromatic amines is 1. The normalized spacial score (nSPS) is 17.1. The molecule has 0 spiro atoms. The van der Waals surface area contributed by atoms with Gasteiger partial charge >= 0.3 is 0 Å². The van der Waals surface area contributed by atoms with E-state index >= 15 is 0 Å².